The second-order valence-electron chi connectivity index (χ2n) is 5.68. The van der Waals surface area contributed by atoms with Crippen molar-refractivity contribution in [3.05, 3.63) is 27.9 Å². The van der Waals surface area contributed by atoms with Crippen molar-refractivity contribution in [1.29, 1.82) is 0 Å². The van der Waals surface area contributed by atoms with Crippen LogP contribution in [0, 0.1) is 17.0 Å². The summed E-state index contributed by atoms with van der Waals surface area (Å²) in [6.45, 7) is 5.80. The number of aromatic nitrogens is 1. The first kappa shape index (κ1) is 17.6. The van der Waals surface area contributed by atoms with E-state index in [9.17, 15) is 19.7 Å². The number of hydrogen-bond acceptors (Lipinski definition) is 6. The van der Waals surface area contributed by atoms with Crippen LogP contribution in [0.2, 0.25) is 0 Å². The summed E-state index contributed by atoms with van der Waals surface area (Å²) in [4.78, 5) is 41.1. The number of nitro groups is 1. The number of aryl methyl sites for hydroxylation is 1. The minimum absolute atomic E-state index is 0.0179. The maximum atomic E-state index is 12.1. The van der Waals surface area contributed by atoms with Gasteiger partial charge < -0.3 is 15.1 Å². The number of hydrogen-bond donors (Lipinski definition) is 1. The van der Waals surface area contributed by atoms with E-state index in [1.165, 1.54) is 13.1 Å². The Morgan fingerprint density at radius 2 is 1.92 bits per heavy atom. The van der Waals surface area contributed by atoms with Gasteiger partial charge in [0.05, 0.1) is 4.92 Å². The first-order valence-electron chi connectivity index (χ1n) is 7.76. The summed E-state index contributed by atoms with van der Waals surface area (Å²) >= 11 is 0. The Balaban J connectivity index is 1.78. The van der Waals surface area contributed by atoms with Gasteiger partial charge >= 0.3 is 0 Å². The summed E-state index contributed by atoms with van der Waals surface area (Å²) in [6, 6.07) is 1.59. The van der Waals surface area contributed by atoms with Crippen LogP contribution in [0.3, 0.4) is 0 Å². The summed E-state index contributed by atoms with van der Waals surface area (Å²) in [5.74, 6) is 0.556. The van der Waals surface area contributed by atoms with Gasteiger partial charge in [-0.15, -0.1) is 0 Å². The van der Waals surface area contributed by atoms with E-state index in [1.54, 1.807) is 22.8 Å². The minimum Gasteiger partial charge on any atom is -0.370 e. The van der Waals surface area contributed by atoms with E-state index in [2.05, 4.69) is 10.3 Å². The molecule has 1 N–H and O–H groups in total. The van der Waals surface area contributed by atoms with E-state index in [-0.39, 0.29) is 17.5 Å². The van der Waals surface area contributed by atoms with Gasteiger partial charge in [0, 0.05) is 51.6 Å². The lowest BCUT2D eigenvalue weighted by Crippen LogP contribution is -2.50. The summed E-state index contributed by atoms with van der Waals surface area (Å²) in [5.41, 5.74) is 0.490. The number of rotatable bonds is 5. The van der Waals surface area contributed by atoms with Crippen molar-refractivity contribution < 1.29 is 14.5 Å². The van der Waals surface area contributed by atoms with Crippen LogP contribution >= 0.6 is 0 Å². The molecule has 0 unspecified atom stereocenters. The van der Waals surface area contributed by atoms with Crippen molar-refractivity contribution in [2.24, 2.45) is 0 Å². The molecule has 130 valence electrons. The van der Waals surface area contributed by atoms with Crippen molar-refractivity contribution in [2.75, 3.05) is 38.0 Å². The van der Waals surface area contributed by atoms with Gasteiger partial charge in [0.2, 0.25) is 11.8 Å². The van der Waals surface area contributed by atoms with Crippen molar-refractivity contribution in [3.63, 3.8) is 0 Å². The van der Waals surface area contributed by atoms with Crippen molar-refractivity contribution in [1.82, 2.24) is 14.8 Å². The highest BCUT2D eigenvalue weighted by molar-refractivity contribution is 5.78. The second-order valence-corrected chi connectivity index (χ2v) is 5.68. The molecule has 1 aliphatic rings. The molecule has 0 atom stereocenters. The topological polar surface area (TPSA) is 109 Å². The molecule has 24 heavy (non-hydrogen) atoms. The number of carbonyl (C=O) groups is 2. The van der Waals surface area contributed by atoms with E-state index < -0.39 is 4.92 Å². The average molecular weight is 335 g/mol. The van der Waals surface area contributed by atoms with Gasteiger partial charge in [-0.05, 0) is 13.0 Å². The number of amides is 2. The molecule has 0 spiro atoms. The Bertz CT molecular complexity index is 641. The Morgan fingerprint density at radius 3 is 2.46 bits per heavy atom. The SMILES string of the molecule is CC(=O)N1CCN(C(=O)CCNc2cc(C)c([N+](=O)[O-])cn2)CC1. The maximum absolute atomic E-state index is 12.1. The second kappa shape index (κ2) is 7.71. The molecule has 2 heterocycles. The number of nitrogens with zero attached hydrogens (tertiary/aromatic N) is 4. The van der Waals surface area contributed by atoms with Gasteiger partial charge in [-0.25, -0.2) is 4.98 Å². The highest BCUT2D eigenvalue weighted by Crippen LogP contribution is 2.18. The van der Waals surface area contributed by atoms with E-state index in [0.29, 0.717) is 50.5 Å². The largest absolute Gasteiger partial charge is 0.370 e. The van der Waals surface area contributed by atoms with E-state index in [1.807, 2.05) is 0 Å². The quantitative estimate of drug-likeness (QED) is 0.629. The molecule has 1 saturated heterocycles. The monoisotopic (exact) mass is 335 g/mol. The molecule has 0 aliphatic carbocycles. The summed E-state index contributed by atoms with van der Waals surface area (Å²) in [7, 11) is 0. The number of pyridine rings is 1. The van der Waals surface area contributed by atoms with Crippen molar-refractivity contribution in [3.8, 4) is 0 Å². The maximum Gasteiger partial charge on any atom is 0.290 e. The van der Waals surface area contributed by atoms with E-state index in [0.717, 1.165) is 0 Å². The predicted octanol–water partition coefficient (Wildman–Crippen LogP) is 0.791. The van der Waals surface area contributed by atoms with Crippen LogP contribution in [-0.4, -0.2) is 64.2 Å². The predicted molar refractivity (Wildman–Crippen MR) is 87.6 cm³/mol. The third kappa shape index (κ3) is 4.40. The zero-order chi connectivity index (χ0) is 17.7. The molecule has 0 aromatic carbocycles. The number of anilines is 1. The van der Waals surface area contributed by atoms with Crippen LogP contribution in [0.15, 0.2) is 12.3 Å². The molecule has 0 radical (unpaired) electrons. The van der Waals surface area contributed by atoms with Gasteiger partial charge in [0.15, 0.2) is 0 Å². The summed E-state index contributed by atoms with van der Waals surface area (Å²) < 4.78 is 0. The van der Waals surface area contributed by atoms with E-state index in [4.69, 9.17) is 0 Å². The zero-order valence-electron chi connectivity index (χ0n) is 13.8. The Hall–Kier alpha value is -2.71. The lowest BCUT2D eigenvalue weighted by atomic mass is 10.2. The highest BCUT2D eigenvalue weighted by atomic mass is 16.6. The van der Waals surface area contributed by atoms with Gasteiger partial charge in [0.1, 0.15) is 12.0 Å². The Morgan fingerprint density at radius 1 is 1.29 bits per heavy atom. The number of piperazine rings is 1. The molecule has 9 heteroatoms. The smallest absolute Gasteiger partial charge is 0.290 e. The third-order valence-corrected chi connectivity index (χ3v) is 4.00. The van der Waals surface area contributed by atoms with Gasteiger partial charge in [0.25, 0.3) is 5.69 Å². The molecule has 9 nitrogen and oxygen atoms in total. The molecule has 2 amide bonds. The third-order valence-electron chi connectivity index (χ3n) is 4.00. The molecule has 2 rings (SSSR count). The van der Waals surface area contributed by atoms with Crippen LogP contribution < -0.4 is 5.32 Å². The zero-order valence-corrected chi connectivity index (χ0v) is 13.8. The van der Waals surface area contributed by atoms with Crippen LogP contribution in [0.1, 0.15) is 18.9 Å². The van der Waals surface area contributed by atoms with Crippen LogP contribution in [-0.2, 0) is 9.59 Å². The van der Waals surface area contributed by atoms with Crippen LogP contribution in [0.25, 0.3) is 0 Å². The highest BCUT2D eigenvalue weighted by Gasteiger charge is 2.21. The van der Waals surface area contributed by atoms with Crippen molar-refractivity contribution in [2.45, 2.75) is 20.3 Å². The number of nitrogens with one attached hydrogen (secondary N) is 1. The molecule has 1 aliphatic heterocycles. The molecular formula is C15H21N5O4. The molecule has 0 bridgehead atoms. The summed E-state index contributed by atoms with van der Waals surface area (Å²) in [6.07, 6.45) is 1.51. The fraction of sp³-hybridized carbons (Fsp3) is 0.533. The van der Waals surface area contributed by atoms with E-state index >= 15 is 0 Å². The molecule has 1 aromatic heterocycles. The first-order valence-corrected chi connectivity index (χ1v) is 7.76. The fourth-order valence-electron chi connectivity index (χ4n) is 2.56. The minimum atomic E-state index is -0.476. The lowest BCUT2D eigenvalue weighted by Gasteiger charge is -2.34. The van der Waals surface area contributed by atoms with Gasteiger partial charge in [-0.1, -0.05) is 0 Å². The number of carbonyl (C=O) groups excluding carboxylic acids is 2. The molecular weight excluding hydrogens is 314 g/mol. The first-order chi connectivity index (χ1) is 11.4. The van der Waals surface area contributed by atoms with Crippen molar-refractivity contribution >= 4 is 23.3 Å². The van der Waals surface area contributed by atoms with Gasteiger partial charge in [-0.2, -0.15) is 0 Å². The molecule has 1 aromatic rings. The Kier molecular flexibility index (Phi) is 5.67. The van der Waals surface area contributed by atoms with Gasteiger partial charge in [-0.3, -0.25) is 19.7 Å². The standard InChI is InChI=1S/C15H21N5O4/c1-11-9-14(17-10-13(11)20(23)24)16-4-3-15(22)19-7-5-18(6-8-19)12(2)21/h9-10H,3-8H2,1-2H3,(H,16,17). The lowest BCUT2D eigenvalue weighted by molar-refractivity contribution is -0.385. The summed E-state index contributed by atoms with van der Waals surface area (Å²) in [5, 5.41) is 13.8. The molecule has 0 saturated carbocycles. The Labute approximate surface area is 139 Å². The van der Waals surface area contributed by atoms with Crippen LogP contribution in [0.5, 0.6) is 0 Å². The normalized spacial score (nSPS) is 14.4. The molecule has 1 fully saturated rings. The fourth-order valence-corrected chi connectivity index (χ4v) is 2.56. The van der Waals surface area contributed by atoms with Crippen LogP contribution in [0.4, 0.5) is 11.5 Å². The average Bonchev–Trinajstić information content (AvgIpc) is 2.54.